The van der Waals surface area contributed by atoms with Crippen molar-refractivity contribution < 1.29 is 14.6 Å². The number of aliphatic hydroxyl groups is 1. The average molecular weight is 292 g/mol. The minimum atomic E-state index is -0.390. The first-order valence-corrected chi connectivity index (χ1v) is 7.95. The van der Waals surface area contributed by atoms with Gasteiger partial charge in [-0.2, -0.15) is 0 Å². The molecule has 1 aliphatic rings. The molecule has 1 aromatic rings. The summed E-state index contributed by atoms with van der Waals surface area (Å²) in [7, 11) is 1.64. The van der Waals surface area contributed by atoms with Crippen molar-refractivity contribution >= 4 is 0 Å². The lowest BCUT2D eigenvalue weighted by Gasteiger charge is -2.41. The van der Waals surface area contributed by atoms with Crippen LogP contribution in [0.2, 0.25) is 0 Å². The highest BCUT2D eigenvalue weighted by Gasteiger charge is 2.37. The normalized spacial score (nSPS) is 26.4. The van der Waals surface area contributed by atoms with Crippen molar-refractivity contribution in [1.82, 2.24) is 0 Å². The maximum atomic E-state index is 10.3. The molecule has 3 atom stereocenters. The van der Waals surface area contributed by atoms with E-state index in [9.17, 15) is 5.11 Å². The van der Waals surface area contributed by atoms with E-state index in [4.69, 9.17) is 9.47 Å². The smallest absolute Gasteiger partial charge is 0.161 e. The highest BCUT2D eigenvalue weighted by atomic mass is 16.5. The fourth-order valence-electron chi connectivity index (χ4n) is 3.12. The molecule has 0 heterocycles. The zero-order chi connectivity index (χ0) is 15.5. The van der Waals surface area contributed by atoms with E-state index >= 15 is 0 Å². The van der Waals surface area contributed by atoms with Crippen LogP contribution in [0.15, 0.2) is 24.3 Å². The summed E-state index contributed by atoms with van der Waals surface area (Å²) < 4.78 is 11.4. The molecule has 3 unspecified atom stereocenters. The molecule has 2 rings (SSSR count). The molecule has 1 N–H and O–H groups in total. The van der Waals surface area contributed by atoms with Gasteiger partial charge in [-0.05, 0) is 42.7 Å². The van der Waals surface area contributed by atoms with Crippen molar-refractivity contribution in [1.29, 1.82) is 0 Å². The van der Waals surface area contributed by atoms with E-state index in [1.807, 2.05) is 24.3 Å². The molecule has 1 saturated carbocycles. The van der Waals surface area contributed by atoms with Crippen molar-refractivity contribution in [3.05, 3.63) is 24.3 Å². The minimum Gasteiger partial charge on any atom is -0.493 e. The number of ether oxygens (including phenoxy) is 2. The summed E-state index contributed by atoms with van der Waals surface area (Å²) in [5, 5.41) is 10.3. The maximum Gasteiger partial charge on any atom is 0.161 e. The Hall–Kier alpha value is -1.22. The number of rotatable bonds is 5. The Bertz CT molecular complexity index is 456. The fraction of sp³-hybridized carbons (Fsp3) is 0.667. The number of methoxy groups -OCH3 is 1. The third kappa shape index (κ3) is 3.70. The van der Waals surface area contributed by atoms with Gasteiger partial charge in [0.05, 0.1) is 13.2 Å². The highest BCUT2D eigenvalue weighted by Crippen LogP contribution is 2.42. The number of benzene rings is 1. The molecule has 0 radical (unpaired) electrons. The molecule has 0 aromatic heterocycles. The van der Waals surface area contributed by atoms with Crippen molar-refractivity contribution in [3.8, 4) is 11.5 Å². The molecule has 3 nitrogen and oxygen atoms in total. The van der Waals surface area contributed by atoms with Crippen LogP contribution < -0.4 is 9.47 Å². The lowest BCUT2D eigenvalue weighted by atomic mass is 9.68. The predicted octanol–water partition coefficient (Wildman–Crippen LogP) is 4.04. The molecule has 1 aromatic carbocycles. The van der Waals surface area contributed by atoms with Crippen molar-refractivity contribution in [2.24, 2.45) is 11.3 Å². The topological polar surface area (TPSA) is 38.7 Å². The SMILES string of the molecule is CCC(C)(C)C1CCC(O)C(Oc2ccccc2OC)C1. The second-order valence-corrected chi connectivity index (χ2v) is 6.73. The van der Waals surface area contributed by atoms with Crippen LogP contribution in [0.3, 0.4) is 0 Å². The molecular weight excluding hydrogens is 264 g/mol. The summed E-state index contributed by atoms with van der Waals surface area (Å²) in [5.41, 5.74) is 0.294. The van der Waals surface area contributed by atoms with E-state index in [0.717, 1.165) is 37.2 Å². The first-order chi connectivity index (χ1) is 9.97. The summed E-state index contributed by atoms with van der Waals surface area (Å²) in [5.74, 6) is 2.03. The van der Waals surface area contributed by atoms with Crippen LogP contribution in [0, 0.1) is 11.3 Å². The lowest BCUT2D eigenvalue weighted by Crippen LogP contribution is -2.42. The van der Waals surface area contributed by atoms with Crippen LogP contribution in [0.5, 0.6) is 11.5 Å². The van der Waals surface area contributed by atoms with Crippen LogP contribution in [-0.4, -0.2) is 24.4 Å². The summed E-state index contributed by atoms with van der Waals surface area (Å²) >= 11 is 0. The first-order valence-electron chi connectivity index (χ1n) is 7.95. The Morgan fingerprint density at radius 1 is 1.19 bits per heavy atom. The Morgan fingerprint density at radius 2 is 1.86 bits per heavy atom. The van der Waals surface area contributed by atoms with Crippen LogP contribution in [0.1, 0.15) is 46.5 Å². The van der Waals surface area contributed by atoms with Gasteiger partial charge < -0.3 is 14.6 Å². The third-order valence-corrected chi connectivity index (χ3v) is 5.12. The Labute approximate surface area is 128 Å². The number of aliphatic hydroxyl groups excluding tert-OH is 1. The molecule has 118 valence electrons. The summed E-state index contributed by atoms with van der Waals surface area (Å²) in [4.78, 5) is 0. The molecule has 0 bridgehead atoms. The fourth-order valence-corrected chi connectivity index (χ4v) is 3.12. The molecule has 3 heteroatoms. The first kappa shape index (κ1) is 16.2. The van der Waals surface area contributed by atoms with Gasteiger partial charge in [-0.15, -0.1) is 0 Å². The maximum absolute atomic E-state index is 10.3. The van der Waals surface area contributed by atoms with Crippen LogP contribution in [0.4, 0.5) is 0 Å². The van der Waals surface area contributed by atoms with E-state index in [1.165, 1.54) is 0 Å². The molecular formula is C18H28O3. The van der Waals surface area contributed by atoms with Crippen molar-refractivity contribution in [3.63, 3.8) is 0 Å². The predicted molar refractivity (Wildman–Crippen MR) is 84.8 cm³/mol. The van der Waals surface area contributed by atoms with Gasteiger partial charge >= 0.3 is 0 Å². The monoisotopic (exact) mass is 292 g/mol. The Kier molecular flexibility index (Phi) is 5.15. The van der Waals surface area contributed by atoms with Gasteiger partial charge in [0.25, 0.3) is 0 Å². The van der Waals surface area contributed by atoms with Gasteiger partial charge in [0.15, 0.2) is 11.5 Å². The Balaban J connectivity index is 2.10. The van der Waals surface area contributed by atoms with Gasteiger partial charge in [0.1, 0.15) is 6.10 Å². The van der Waals surface area contributed by atoms with Gasteiger partial charge in [-0.3, -0.25) is 0 Å². The van der Waals surface area contributed by atoms with E-state index in [0.29, 0.717) is 11.3 Å². The van der Waals surface area contributed by atoms with Crippen LogP contribution in [0.25, 0.3) is 0 Å². The van der Waals surface area contributed by atoms with Gasteiger partial charge in [-0.25, -0.2) is 0 Å². The largest absolute Gasteiger partial charge is 0.493 e. The zero-order valence-electron chi connectivity index (χ0n) is 13.6. The van der Waals surface area contributed by atoms with E-state index in [2.05, 4.69) is 20.8 Å². The van der Waals surface area contributed by atoms with Crippen molar-refractivity contribution in [2.75, 3.05) is 7.11 Å². The van der Waals surface area contributed by atoms with Gasteiger partial charge in [0, 0.05) is 0 Å². The van der Waals surface area contributed by atoms with Crippen LogP contribution in [-0.2, 0) is 0 Å². The second-order valence-electron chi connectivity index (χ2n) is 6.73. The number of hydrogen-bond donors (Lipinski definition) is 1. The third-order valence-electron chi connectivity index (χ3n) is 5.12. The summed E-state index contributed by atoms with van der Waals surface area (Å²) in [6, 6.07) is 7.64. The Morgan fingerprint density at radius 3 is 2.48 bits per heavy atom. The number of hydrogen-bond acceptors (Lipinski definition) is 3. The minimum absolute atomic E-state index is 0.147. The molecule has 1 fully saturated rings. The molecule has 0 aliphatic heterocycles. The lowest BCUT2D eigenvalue weighted by molar-refractivity contribution is -0.0341. The molecule has 0 amide bonds. The highest BCUT2D eigenvalue weighted by molar-refractivity contribution is 5.39. The molecule has 21 heavy (non-hydrogen) atoms. The van der Waals surface area contributed by atoms with Crippen molar-refractivity contribution in [2.45, 2.75) is 58.7 Å². The quantitative estimate of drug-likeness (QED) is 0.890. The van der Waals surface area contributed by atoms with Gasteiger partial charge in [-0.1, -0.05) is 39.3 Å². The second kappa shape index (κ2) is 6.69. The van der Waals surface area contributed by atoms with E-state index in [-0.39, 0.29) is 12.2 Å². The molecule has 0 saturated heterocycles. The number of para-hydroxylation sites is 2. The average Bonchev–Trinajstić information content (AvgIpc) is 2.49. The summed E-state index contributed by atoms with van der Waals surface area (Å²) in [6.45, 7) is 6.87. The van der Waals surface area contributed by atoms with E-state index in [1.54, 1.807) is 7.11 Å². The molecule has 1 aliphatic carbocycles. The zero-order valence-corrected chi connectivity index (χ0v) is 13.6. The summed E-state index contributed by atoms with van der Waals surface area (Å²) in [6.07, 6.45) is 3.40. The van der Waals surface area contributed by atoms with Crippen LogP contribution >= 0.6 is 0 Å². The van der Waals surface area contributed by atoms with E-state index < -0.39 is 0 Å². The van der Waals surface area contributed by atoms with Gasteiger partial charge in [0.2, 0.25) is 0 Å². The molecule has 0 spiro atoms. The standard InChI is InChI=1S/C18H28O3/c1-5-18(2,3)13-10-11-14(19)17(12-13)21-16-9-7-6-8-15(16)20-4/h6-9,13-14,17,19H,5,10-12H2,1-4H3.